The molecule has 0 saturated heterocycles. The lowest BCUT2D eigenvalue weighted by molar-refractivity contribution is -0.117. The SMILES string of the molecule is Cc1ccc(C)c(NC(=O)Cn2nc3ccc(-c4ccccc4)nn3c2=O)c1. The highest BCUT2D eigenvalue weighted by molar-refractivity contribution is 5.91. The number of hydrogen-bond donors (Lipinski definition) is 1. The van der Waals surface area contributed by atoms with Crippen molar-refractivity contribution in [3.05, 3.63) is 82.3 Å². The molecule has 7 nitrogen and oxygen atoms in total. The number of aryl methyl sites for hydroxylation is 2. The number of aromatic nitrogens is 4. The molecule has 0 atom stereocenters. The molecule has 4 aromatic rings. The third-order valence-corrected chi connectivity index (χ3v) is 4.47. The number of fused-ring (bicyclic) bond motifs is 1. The van der Waals surface area contributed by atoms with Gasteiger partial charge in [-0.1, -0.05) is 42.5 Å². The molecule has 0 aliphatic rings. The van der Waals surface area contributed by atoms with Crippen LogP contribution in [0.5, 0.6) is 0 Å². The van der Waals surface area contributed by atoms with Crippen LogP contribution in [0.2, 0.25) is 0 Å². The smallest absolute Gasteiger partial charge is 0.324 e. The van der Waals surface area contributed by atoms with Gasteiger partial charge in [0.15, 0.2) is 5.65 Å². The van der Waals surface area contributed by atoms with Gasteiger partial charge in [0.2, 0.25) is 5.91 Å². The van der Waals surface area contributed by atoms with Crippen LogP contribution in [0.3, 0.4) is 0 Å². The predicted molar refractivity (Wildman–Crippen MR) is 107 cm³/mol. The minimum atomic E-state index is -0.455. The van der Waals surface area contributed by atoms with Crippen LogP contribution in [-0.4, -0.2) is 25.3 Å². The van der Waals surface area contributed by atoms with E-state index < -0.39 is 5.69 Å². The van der Waals surface area contributed by atoms with Crippen LogP contribution in [0.4, 0.5) is 5.69 Å². The van der Waals surface area contributed by atoms with E-state index in [4.69, 9.17) is 0 Å². The molecule has 0 fully saturated rings. The van der Waals surface area contributed by atoms with Gasteiger partial charge in [0.05, 0.1) is 5.69 Å². The van der Waals surface area contributed by atoms with Crippen LogP contribution in [0.15, 0.2) is 65.5 Å². The summed E-state index contributed by atoms with van der Waals surface area (Å²) in [7, 11) is 0. The Morgan fingerprint density at radius 1 is 1.00 bits per heavy atom. The summed E-state index contributed by atoms with van der Waals surface area (Å²) in [6.45, 7) is 3.69. The molecule has 0 bridgehead atoms. The predicted octanol–water partition coefficient (Wildman–Crippen LogP) is 2.81. The highest BCUT2D eigenvalue weighted by Crippen LogP contribution is 2.17. The first-order valence-corrected chi connectivity index (χ1v) is 8.91. The Labute approximate surface area is 161 Å². The van der Waals surface area contributed by atoms with Crippen LogP contribution in [0.1, 0.15) is 11.1 Å². The molecule has 2 aromatic carbocycles. The van der Waals surface area contributed by atoms with Gasteiger partial charge in [-0.05, 0) is 43.2 Å². The summed E-state index contributed by atoms with van der Waals surface area (Å²) >= 11 is 0. The van der Waals surface area contributed by atoms with E-state index in [1.807, 2.05) is 62.4 Å². The first kappa shape index (κ1) is 17.7. The van der Waals surface area contributed by atoms with Gasteiger partial charge in [0.25, 0.3) is 0 Å². The molecule has 0 saturated carbocycles. The summed E-state index contributed by atoms with van der Waals surface area (Å²) in [5.74, 6) is -0.317. The van der Waals surface area contributed by atoms with Crippen LogP contribution in [0.25, 0.3) is 16.9 Å². The van der Waals surface area contributed by atoms with Gasteiger partial charge in [-0.15, -0.1) is 5.10 Å². The van der Waals surface area contributed by atoms with Crippen molar-refractivity contribution in [2.75, 3.05) is 5.32 Å². The minimum Gasteiger partial charge on any atom is -0.324 e. The molecule has 2 heterocycles. The maximum absolute atomic E-state index is 12.6. The second-order valence-electron chi connectivity index (χ2n) is 6.66. The van der Waals surface area contributed by atoms with Gasteiger partial charge >= 0.3 is 5.69 Å². The average Bonchev–Trinajstić information content (AvgIpc) is 3.00. The maximum atomic E-state index is 12.6. The molecule has 0 unspecified atom stereocenters. The van der Waals surface area contributed by atoms with Crippen molar-refractivity contribution < 1.29 is 4.79 Å². The van der Waals surface area contributed by atoms with Gasteiger partial charge in [0.1, 0.15) is 6.54 Å². The number of carbonyl (C=O) groups is 1. The molecular weight excluding hydrogens is 354 g/mol. The van der Waals surface area contributed by atoms with Gasteiger partial charge in [-0.25, -0.2) is 9.48 Å². The summed E-state index contributed by atoms with van der Waals surface area (Å²) < 4.78 is 2.34. The summed E-state index contributed by atoms with van der Waals surface area (Å²) in [6, 6.07) is 18.9. The number of rotatable bonds is 4. The van der Waals surface area contributed by atoms with Crippen molar-refractivity contribution in [1.82, 2.24) is 19.4 Å². The van der Waals surface area contributed by atoms with Crippen LogP contribution >= 0.6 is 0 Å². The maximum Gasteiger partial charge on any atom is 0.367 e. The summed E-state index contributed by atoms with van der Waals surface area (Å²) in [4.78, 5) is 25.1. The fourth-order valence-corrected chi connectivity index (χ4v) is 2.97. The molecule has 1 amide bonds. The first-order chi connectivity index (χ1) is 13.5. The molecule has 140 valence electrons. The molecule has 0 spiro atoms. The van der Waals surface area contributed by atoms with Crippen molar-refractivity contribution in [2.24, 2.45) is 0 Å². The summed E-state index contributed by atoms with van der Waals surface area (Å²) in [5.41, 5.74) is 4.23. The summed E-state index contributed by atoms with van der Waals surface area (Å²) in [6.07, 6.45) is 0. The van der Waals surface area contributed by atoms with E-state index >= 15 is 0 Å². The van der Waals surface area contributed by atoms with E-state index in [-0.39, 0.29) is 12.5 Å². The largest absolute Gasteiger partial charge is 0.367 e. The summed E-state index contributed by atoms with van der Waals surface area (Å²) in [5, 5.41) is 11.4. The lowest BCUT2D eigenvalue weighted by Gasteiger charge is -2.08. The minimum absolute atomic E-state index is 0.184. The lowest BCUT2D eigenvalue weighted by Crippen LogP contribution is -2.29. The van der Waals surface area contributed by atoms with E-state index in [1.54, 1.807) is 12.1 Å². The molecule has 7 heteroatoms. The number of nitrogens with one attached hydrogen (secondary N) is 1. The zero-order valence-corrected chi connectivity index (χ0v) is 15.6. The Morgan fingerprint density at radius 2 is 1.79 bits per heavy atom. The molecular formula is C21H19N5O2. The molecule has 0 aliphatic carbocycles. The van der Waals surface area contributed by atoms with Crippen LogP contribution < -0.4 is 11.0 Å². The third kappa shape index (κ3) is 3.42. The molecule has 28 heavy (non-hydrogen) atoms. The molecule has 0 radical (unpaired) electrons. The molecule has 2 aromatic heterocycles. The van der Waals surface area contributed by atoms with Crippen molar-refractivity contribution in [1.29, 1.82) is 0 Å². The second kappa shape index (κ2) is 7.11. The van der Waals surface area contributed by atoms with E-state index in [9.17, 15) is 9.59 Å². The number of nitrogens with zero attached hydrogens (tertiary/aromatic N) is 4. The van der Waals surface area contributed by atoms with E-state index in [2.05, 4.69) is 15.5 Å². The third-order valence-electron chi connectivity index (χ3n) is 4.47. The zero-order valence-electron chi connectivity index (χ0n) is 15.6. The normalized spacial score (nSPS) is 10.9. The highest BCUT2D eigenvalue weighted by Gasteiger charge is 2.13. The van der Waals surface area contributed by atoms with E-state index in [0.717, 1.165) is 27.1 Å². The Morgan fingerprint density at radius 3 is 2.57 bits per heavy atom. The number of carbonyl (C=O) groups excluding carboxylic acids is 1. The van der Waals surface area contributed by atoms with Gasteiger partial charge in [0, 0.05) is 11.3 Å². The standard InChI is InChI=1S/C21H19N5O2/c1-14-8-9-15(2)18(12-14)22-20(27)13-25-21(28)26-19(24-25)11-10-17(23-26)16-6-4-3-5-7-16/h3-12H,13H2,1-2H3,(H,22,27). The molecule has 0 aliphatic heterocycles. The Bertz CT molecular complexity index is 1220. The highest BCUT2D eigenvalue weighted by atomic mass is 16.2. The molecule has 4 rings (SSSR count). The van der Waals surface area contributed by atoms with Gasteiger partial charge < -0.3 is 5.32 Å². The van der Waals surface area contributed by atoms with Gasteiger partial charge in [-0.3, -0.25) is 4.79 Å². The van der Waals surface area contributed by atoms with E-state index in [0.29, 0.717) is 11.3 Å². The van der Waals surface area contributed by atoms with Crippen LogP contribution in [-0.2, 0) is 11.3 Å². The topological polar surface area (TPSA) is 81.3 Å². The van der Waals surface area contributed by atoms with Crippen molar-refractivity contribution in [3.8, 4) is 11.3 Å². The number of anilines is 1. The van der Waals surface area contributed by atoms with E-state index in [1.165, 1.54) is 4.52 Å². The quantitative estimate of drug-likeness (QED) is 0.596. The van der Waals surface area contributed by atoms with Crippen molar-refractivity contribution in [2.45, 2.75) is 20.4 Å². The van der Waals surface area contributed by atoms with Crippen molar-refractivity contribution in [3.63, 3.8) is 0 Å². The fraction of sp³-hybridized carbons (Fsp3) is 0.143. The number of benzene rings is 2. The fourth-order valence-electron chi connectivity index (χ4n) is 2.97. The van der Waals surface area contributed by atoms with Crippen molar-refractivity contribution >= 4 is 17.2 Å². The monoisotopic (exact) mass is 373 g/mol. The molecule has 1 N–H and O–H groups in total. The lowest BCUT2D eigenvalue weighted by atomic mass is 10.1. The Kier molecular flexibility index (Phi) is 4.49. The first-order valence-electron chi connectivity index (χ1n) is 8.91. The number of hydrogen-bond acceptors (Lipinski definition) is 4. The van der Waals surface area contributed by atoms with Gasteiger partial charge in [-0.2, -0.15) is 9.61 Å². The Balaban J connectivity index is 1.61. The Hall–Kier alpha value is -3.74. The number of amides is 1. The second-order valence-corrected chi connectivity index (χ2v) is 6.66. The zero-order chi connectivity index (χ0) is 19.7. The average molecular weight is 373 g/mol. The van der Waals surface area contributed by atoms with Crippen LogP contribution in [0, 0.1) is 13.8 Å².